The summed E-state index contributed by atoms with van der Waals surface area (Å²) in [5.41, 5.74) is 1.17. The Morgan fingerprint density at radius 2 is 2.29 bits per heavy atom. The molecule has 0 aliphatic heterocycles. The predicted octanol–water partition coefficient (Wildman–Crippen LogP) is 2.53. The lowest BCUT2D eigenvalue weighted by Gasteiger charge is -2.10. The molecule has 1 aliphatic carbocycles. The number of carboxylic acids is 1. The maximum absolute atomic E-state index is 12.8. The predicted molar refractivity (Wildman–Crippen MR) is 84.6 cm³/mol. The minimum absolute atomic E-state index is 0.00543. The first-order valence-corrected chi connectivity index (χ1v) is 8.81. The first-order chi connectivity index (χ1) is 10.1. The topological polar surface area (TPSA) is 72.2 Å². The molecule has 0 fully saturated rings. The van der Waals surface area contributed by atoms with Gasteiger partial charge in [0, 0.05) is 11.4 Å². The van der Waals surface area contributed by atoms with Gasteiger partial charge in [-0.05, 0) is 31.2 Å². The van der Waals surface area contributed by atoms with Crippen LogP contribution in [0.4, 0.5) is 0 Å². The molecular weight excluding hydrogens is 308 g/mol. The van der Waals surface area contributed by atoms with Gasteiger partial charge in [-0.15, -0.1) is 11.3 Å². The number of thioether (sulfide) groups is 1. The van der Waals surface area contributed by atoms with Crippen LogP contribution in [0.5, 0.6) is 0 Å². The first kappa shape index (κ1) is 14.6. The van der Waals surface area contributed by atoms with Gasteiger partial charge in [-0.1, -0.05) is 18.7 Å². The Labute approximate surface area is 130 Å². The lowest BCUT2D eigenvalue weighted by molar-refractivity contribution is -0.133. The van der Waals surface area contributed by atoms with E-state index in [2.05, 4.69) is 4.98 Å². The van der Waals surface area contributed by atoms with E-state index in [1.165, 1.54) is 10.4 Å². The highest BCUT2D eigenvalue weighted by Gasteiger charge is 2.23. The molecule has 0 saturated heterocycles. The van der Waals surface area contributed by atoms with Gasteiger partial charge >= 0.3 is 5.97 Å². The third-order valence-corrected chi connectivity index (χ3v) is 5.71. The molecule has 112 valence electrons. The van der Waals surface area contributed by atoms with Gasteiger partial charge < -0.3 is 5.11 Å². The summed E-state index contributed by atoms with van der Waals surface area (Å²) in [4.78, 5) is 30.2. The highest BCUT2D eigenvalue weighted by Crippen LogP contribution is 2.35. The number of nitrogens with zero attached hydrogens (tertiary/aromatic N) is 2. The number of rotatable bonds is 5. The summed E-state index contributed by atoms with van der Waals surface area (Å²) >= 11 is 2.71. The van der Waals surface area contributed by atoms with Crippen LogP contribution in [0.1, 0.15) is 30.2 Å². The van der Waals surface area contributed by atoms with Crippen LogP contribution >= 0.6 is 23.1 Å². The third kappa shape index (κ3) is 2.60. The van der Waals surface area contributed by atoms with Crippen LogP contribution in [0.3, 0.4) is 0 Å². The summed E-state index contributed by atoms with van der Waals surface area (Å²) in [6, 6.07) is 0. The lowest BCUT2D eigenvalue weighted by atomic mass is 10.2. The molecule has 0 saturated carbocycles. The average molecular weight is 324 g/mol. The van der Waals surface area contributed by atoms with Crippen LogP contribution < -0.4 is 5.56 Å². The second kappa shape index (κ2) is 5.81. The van der Waals surface area contributed by atoms with Crippen molar-refractivity contribution in [3.63, 3.8) is 0 Å². The van der Waals surface area contributed by atoms with Gasteiger partial charge in [0.05, 0.1) is 11.1 Å². The van der Waals surface area contributed by atoms with Crippen molar-refractivity contribution in [3.8, 4) is 0 Å². The van der Waals surface area contributed by atoms with Gasteiger partial charge in [0.2, 0.25) is 0 Å². The Balaban J connectivity index is 2.16. The fourth-order valence-corrected chi connectivity index (χ4v) is 4.76. The highest BCUT2D eigenvalue weighted by atomic mass is 32.2. The Morgan fingerprint density at radius 3 is 3.00 bits per heavy atom. The molecule has 1 aliphatic rings. The number of aromatic nitrogens is 2. The van der Waals surface area contributed by atoms with Crippen LogP contribution in [-0.2, 0) is 24.2 Å². The number of aliphatic carboxylic acids is 1. The quantitative estimate of drug-likeness (QED) is 0.676. The Kier molecular flexibility index (Phi) is 4.03. The highest BCUT2D eigenvalue weighted by molar-refractivity contribution is 7.99. The number of carbonyl (C=O) groups is 1. The van der Waals surface area contributed by atoms with Crippen molar-refractivity contribution in [2.45, 2.75) is 44.3 Å². The molecule has 0 spiro atoms. The van der Waals surface area contributed by atoms with Crippen LogP contribution in [0.2, 0.25) is 0 Å². The molecule has 2 aromatic rings. The number of aryl methyl sites for hydroxylation is 2. The molecule has 3 rings (SSSR count). The van der Waals surface area contributed by atoms with Crippen molar-refractivity contribution in [3.05, 3.63) is 20.8 Å². The molecule has 21 heavy (non-hydrogen) atoms. The third-order valence-electron chi connectivity index (χ3n) is 3.56. The van der Waals surface area contributed by atoms with Crippen molar-refractivity contribution in [2.24, 2.45) is 0 Å². The summed E-state index contributed by atoms with van der Waals surface area (Å²) in [5, 5.41) is 10.1. The second-order valence-electron chi connectivity index (χ2n) is 5.07. The van der Waals surface area contributed by atoms with Crippen LogP contribution in [0, 0.1) is 0 Å². The molecule has 0 aromatic carbocycles. The summed E-state index contributed by atoms with van der Waals surface area (Å²) in [6.45, 7) is 2.58. The van der Waals surface area contributed by atoms with Crippen molar-refractivity contribution in [1.82, 2.24) is 9.55 Å². The van der Waals surface area contributed by atoms with Crippen molar-refractivity contribution in [2.75, 3.05) is 5.75 Å². The normalized spacial score (nSPS) is 13.8. The average Bonchev–Trinajstić information content (AvgIpc) is 2.99. The SMILES string of the molecule is CCCn1c(SCC(=O)O)nc2sc3c(c2c1=O)CCC3. The zero-order valence-corrected chi connectivity index (χ0v) is 13.4. The Bertz CT molecular complexity index is 764. The second-order valence-corrected chi connectivity index (χ2v) is 7.10. The largest absolute Gasteiger partial charge is 0.481 e. The number of carboxylic acid groups (broad SMARTS) is 1. The fraction of sp³-hybridized carbons (Fsp3) is 0.500. The smallest absolute Gasteiger partial charge is 0.313 e. The Hall–Kier alpha value is -1.34. The van der Waals surface area contributed by atoms with Crippen LogP contribution in [0.25, 0.3) is 10.2 Å². The first-order valence-electron chi connectivity index (χ1n) is 7.01. The van der Waals surface area contributed by atoms with Crippen LogP contribution in [-0.4, -0.2) is 26.4 Å². The van der Waals surface area contributed by atoms with E-state index >= 15 is 0 Å². The number of hydrogen-bond acceptors (Lipinski definition) is 5. The van der Waals surface area contributed by atoms with E-state index in [1.807, 2.05) is 6.92 Å². The summed E-state index contributed by atoms with van der Waals surface area (Å²) in [5.74, 6) is -0.974. The standard InChI is InChI=1S/C14H16N2O3S2/c1-2-6-16-13(19)11-8-4-3-5-9(8)21-12(11)15-14(16)20-7-10(17)18/h2-7H2,1H3,(H,17,18). The molecule has 0 unspecified atom stereocenters. The van der Waals surface area contributed by atoms with E-state index in [4.69, 9.17) is 5.11 Å². The van der Waals surface area contributed by atoms with Crippen molar-refractivity contribution >= 4 is 39.3 Å². The van der Waals surface area contributed by atoms with Crippen molar-refractivity contribution < 1.29 is 9.90 Å². The van der Waals surface area contributed by atoms with E-state index < -0.39 is 5.97 Å². The Morgan fingerprint density at radius 1 is 1.48 bits per heavy atom. The monoisotopic (exact) mass is 324 g/mol. The summed E-state index contributed by atoms with van der Waals surface area (Å²) in [6.07, 6.45) is 3.92. The van der Waals surface area contributed by atoms with Gasteiger partial charge in [-0.2, -0.15) is 0 Å². The molecule has 2 aromatic heterocycles. The van der Waals surface area contributed by atoms with E-state index in [1.54, 1.807) is 15.9 Å². The van der Waals surface area contributed by atoms with E-state index in [9.17, 15) is 9.59 Å². The van der Waals surface area contributed by atoms with Crippen molar-refractivity contribution in [1.29, 1.82) is 0 Å². The van der Waals surface area contributed by atoms with E-state index in [0.29, 0.717) is 11.7 Å². The zero-order chi connectivity index (χ0) is 15.0. The molecular formula is C14H16N2O3S2. The number of hydrogen-bond donors (Lipinski definition) is 1. The lowest BCUT2D eigenvalue weighted by Crippen LogP contribution is -2.23. The summed E-state index contributed by atoms with van der Waals surface area (Å²) < 4.78 is 1.64. The summed E-state index contributed by atoms with van der Waals surface area (Å²) in [7, 11) is 0. The van der Waals surface area contributed by atoms with Gasteiger partial charge in [0.1, 0.15) is 4.83 Å². The molecule has 0 radical (unpaired) electrons. The number of thiophene rings is 1. The van der Waals surface area contributed by atoms with Gasteiger partial charge in [0.25, 0.3) is 5.56 Å². The van der Waals surface area contributed by atoms with Gasteiger partial charge in [0.15, 0.2) is 5.16 Å². The van der Waals surface area contributed by atoms with E-state index in [0.717, 1.165) is 47.7 Å². The molecule has 0 bridgehead atoms. The minimum Gasteiger partial charge on any atom is -0.481 e. The van der Waals surface area contributed by atoms with E-state index in [-0.39, 0.29) is 11.3 Å². The molecule has 5 nitrogen and oxygen atoms in total. The maximum Gasteiger partial charge on any atom is 0.313 e. The molecule has 2 heterocycles. The number of fused-ring (bicyclic) bond motifs is 3. The van der Waals surface area contributed by atoms with Crippen LogP contribution in [0.15, 0.2) is 9.95 Å². The molecule has 1 N–H and O–H groups in total. The molecule has 0 amide bonds. The minimum atomic E-state index is -0.897. The molecule has 0 atom stereocenters. The maximum atomic E-state index is 12.8. The zero-order valence-electron chi connectivity index (χ0n) is 11.7. The van der Waals surface area contributed by atoms with Gasteiger partial charge in [-0.3, -0.25) is 14.2 Å². The fourth-order valence-electron chi connectivity index (χ4n) is 2.72. The van der Waals surface area contributed by atoms with Gasteiger partial charge in [-0.25, -0.2) is 4.98 Å². The molecule has 7 heteroatoms.